The van der Waals surface area contributed by atoms with E-state index in [9.17, 15) is 0 Å². The van der Waals surface area contributed by atoms with Gasteiger partial charge in [-0.3, -0.25) is 4.90 Å². The summed E-state index contributed by atoms with van der Waals surface area (Å²) in [6.07, 6.45) is 4.84. The summed E-state index contributed by atoms with van der Waals surface area (Å²) in [7, 11) is 0. The van der Waals surface area contributed by atoms with E-state index in [0.717, 1.165) is 0 Å². The molecule has 0 amide bonds. The molecule has 1 aromatic carbocycles. The highest BCUT2D eigenvalue weighted by Gasteiger charge is 2.25. The zero-order chi connectivity index (χ0) is 10.7. The van der Waals surface area contributed by atoms with Gasteiger partial charge in [0, 0.05) is 10.9 Å². The van der Waals surface area contributed by atoms with Gasteiger partial charge in [-0.05, 0) is 43.8 Å². The molecule has 1 atom stereocenters. The first-order valence-corrected chi connectivity index (χ1v) is 6.96. The molecule has 0 spiro atoms. The number of likely N-dealkylation sites (tertiary alicyclic amines) is 1. The predicted octanol–water partition coefficient (Wildman–Crippen LogP) is 3.57. The lowest BCUT2D eigenvalue weighted by Crippen LogP contribution is -2.22. The van der Waals surface area contributed by atoms with E-state index in [0.29, 0.717) is 6.04 Å². The highest BCUT2D eigenvalue weighted by molar-refractivity contribution is 7.98. The summed E-state index contributed by atoms with van der Waals surface area (Å²) in [4.78, 5) is 4.04. The fourth-order valence-electron chi connectivity index (χ4n) is 2.50. The van der Waals surface area contributed by atoms with Crippen LogP contribution in [0.15, 0.2) is 29.2 Å². The lowest BCUT2D eigenvalue weighted by atomic mass is 10.0. The average Bonchev–Trinajstić information content (AvgIpc) is 2.76. The summed E-state index contributed by atoms with van der Waals surface area (Å²) in [6, 6.07) is 9.51. The lowest BCUT2D eigenvalue weighted by molar-refractivity contribution is 0.269. The van der Waals surface area contributed by atoms with Gasteiger partial charge in [0.2, 0.25) is 0 Å². The van der Waals surface area contributed by atoms with Crippen LogP contribution in [0.4, 0.5) is 0 Å². The van der Waals surface area contributed by atoms with Crippen molar-refractivity contribution in [3.63, 3.8) is 0 Å². The molecule has 2 heteroatoms. The van der Waals surface area contributed by atoms with Crippen LogP contribution in [0.25, 0.3) is 0 Å². The Morgan fingerprint density at radius 2 is 2.20 bits per heavy atom. The van der Waals surface area contributed by atoms with Gasteiger partial charge in [-0.25, -0.2) is 0 Å². The minimum Gasteiger partial charge on any atom is -0.297 e. The van der Waals surface area contributed by atoms with Crippen molar-refractivity contribution in [3.8, 4) is 0 Å². The topological polar surface area (TPSA) is 3.24 Å². The van der Waals surface area contributed by atoms with E-state index in [-0.39, 0.29) is 0 Å². The lowest BCUT2D eigenvalue weighted by Gasteiger charge is -2.24. The van der Waals surface area contributed by atoms with Gasteiger partial charge in [0.15, 0.2) is 0 Å². The second-order valence-electron chi connectivity index (χ2n) is 4.03. The van der Waals surface area contributed by atoms with Crippen molar-refractivity contribution >= 4 is 11.8 Å². The van der Waals surface area contributed by atoms with Crippen LogP contribution >= 0.6 is 11.8 Å². The summed E-state index contributed by atoms with van der Waals surface area (Å²) < 4.78 is 0. The highest BCUT2D eigenvalue weighted by Crippen LogP contribution is 2.36. The van der Waals surface area contributed by atoms with Gasteiger partial charge in [-0.1, -0.05) is 25.1 Å². The molecule has 1 aliphatic heterocycles. The van der Waals surface area contributed by atoms with Crippen LogP contribution in [0.5, 0.6) is 0 Å². The molecule has 15 heavy (non-hydrogen) atoms. The van der Waals surface area contributed by atoms with Crippen LogP contribution in [0.3, 0.4) is 0 Å². The summed E-state index contributed by atoms with van der Waals surface area (Å²) >= 11 is 1.87. The van der Waals surface area contributed by atoms with Crippen molar-refractivity contribution in [2.24, 2.45) is 0 Å². The van der Waals surface area contributed by atoms with Crippen LogP contribution in [0.2, 0.25) is 0 Å². The highest BCUT2D eigenvalue weighted by atomic mass is 32.2. The van der Waals surface area contributed by atoms with Gasteiger partial charge >= 0.3 is 0 Å². The van der Waals surface area contributed by atoms with Gasteiger partial charge in [0.05, 0.1) is 0 Å². The van der Waals surface area contributed by atoms with Crippen molar-refractivity contribution in [1.82, 2.24) is 4.90 Å². The molecule has 1 heterocycles. The van der Waals surface area contributed by atoms with E-state index >= 15 is 0 Å². The van der Waals surface area contributed by atoms with Crippen LogP contribution in [-0.4, -0.2) is 24.2 Å². The van der Waals surface area contributed by atoms with Gasteiger partial charge in [-0.2, -0.15) is 0 Å². The van der Waals surface area contributed by atoms with Crippen LogP contribution in [0, 0.1) is 0 Å². The Labute approximate surface area is 96.9 Å². The Morgan fingerprint density at radius 3 is 2.93 bits per heavy atom. The Bertz CT molecular complexity index is 324. The van der Waals surface area contributed by atoms with Gasteiger partial charge in [0.1, 0.15) is 0 Å². The number of hydrogen-bond acceptors (Lipinski definition) is 2. The first-order chi connectivity index (χ1) is 7.36. The number of benzene rings is 1. The van der Waals surface area contributed by atoms with Crippen LogP contribution < -0.4 is 0 Å². The minimum absolute atomic E-state index is 0.665. The third-order valence-electron chi connectivity index (χ3n) is 3.27. The maximum Gasteiger partial charge on any atom is 0.0359 e. The zero-order valence-electron chi connectivity index (χ0n) is 9.57. The molecule has 1 aromatic rings. The molecular weight excluding hydrogens is 202 g/mol. The second kappa shape index (κ2) is 5.04. The van der Waals surface area contributed by atoms with Crippen LogP contribution in [0.1, 0.15) is 31.4 Å². The standard InChI is InChI=1S/C13H19NS/c1-3-14-10-6-8-12(14)11-7-4-5-9-13(11)15-2/h4-5,7,9,12H,3,6,8,10H2,1-2H3/t12-/m0/s1. The molecule has 0 saturated carbocycles. The summed E-state index contributed by atoms with van der Waals surface area (Å²) in [5, 5.41) is 0. The Kier molecular flexibility index (Phi) is 3.71. The molecule has 0 bridgehead atoms. The monoisotopic (exact) mass is 221 g/mol. The van der Waals surface area contributed by atoms with Crippen molar-refractivity contribution in [2.75, 3.05) is 19.3 Å². The molecule has 0 unspecified atom stereocenters. The van der Waals surface area contributed by atoms with Crippen molar-refractivity contribution in [3.05, 3.63) is 29.8 Å². The van der Waals surface area contributed by atoms with E-state index < -0.39 is 0 Å². The first kappa shape index (κ1) is 11.0. The Hall–Kier alpha value is -0.470. The number of rotatable bonds is 3. The number of nitrogens with zero attached hydrogens (tertiary/aromatic N) is 1. The van der Waals surface area contributed by atoms with E-state index in [1.165, 1.54) is 36.4 Å². The normalized spacial score (nSPS) is 22.1. The maximum absolute atomic E-state index is 2.59. The molecule has 1 aliphatic rings. The smallest absolute Gasteiger partial charge is 0.0359 e. The summed E-state index contributed by atoms with van der Waals surface area (Å²) in [5.41, 5.74) is 1.53. The van der Waals surface area contributed by atoms with Gasteiger partial charge in [-0.15, -0.1) is 11.8 Å². The molecule has 1 saturated heterocycles. The molecule has 1 nitrogen and oxygen atoms in total. The van der Waals surface area contributed by atoms with Crippen LogP contribution in [-0.2, 0) is 0 Å². The SMILES string of the molecule is CCN1CCC[C@H]1c1ccccc1SC. The Balaban J connectivity index is 2.27. The quantitative estimate of drug-likeness (QED) is 0.718. The second-order valence-corrected chi connectivity index (χ2v) is 4.88. The molecule has 2 rings (SSSR count). The van der Waals surface area contributed by atoms with E-state index in [1.54, 1.807) is 0 Å². The third-order valence-corrected chi connectivity index (χ3v) is 4.08. The van der Waals surface area contributed by atoms with E-state index in [1.807, 2.05) is 11.8 Å². The Morgan fingerprint density at radius 1 is 1.40 bits per heavy atom. The fourth-order valence-corrected chi connectivity index (χ4v) is 3.15. The van der Waals surface area contributed by atoms with Crippen molar-refractivity contribution in [2.45, 2.75) is 30.7 Å². The molecule has 0 aromatic heterocycles. The summed E-state index contributed by atoms with van der Waals surface area (Å²) in [5.74, 6) is 0. The third kappa shape index (κ3) is 2.21. The van der Waals surface area contributed by atoms with Gasteiger partial charge < -0.3 is 0 Å². The molecule has 0 radical (unpaired) electrons. The first-order valence-electron chi connectivity index (χ1n) is 5.73. The average molecular weight is 221 g/mol. The molecule has 0 aliphatic carbocycles. The molecule has 82 valence electrons. The predicted molar refractivity (Wildman–Crippen MR) is 67.4 cm³/mol. The molecular formula is C13H19NS. The summed E-state index contributed by atoms with van der Waals surface area (Å²) in [6.45, 7) is 4.71. The van der Waals surface area contributed by atoms with E-state index in [2.05, 4.69) is 42.3 Å². The maximum atomic E-state index is 2.59. The zero-order valence-corrected chi connectivity index (χ0v) is 10.4. The fraction of sp³-hybridized carbons (Fsp3) is 0.538. The molecule has 1 fully saturated rings. The van der Waals surface area contributed by atoms with Gasteiger partial charge in [0.25, 0.3) is 0 Å². The largest absolute Gasteiger partial charge is 0.297 e. The van der Waals surface area contributed by atoms with E-state index in [4.69, 9.17) is 0 Å². The number of thioether (sulfide) groups is 1. The minimum atomic E-state index is 0.665. The number of hydrogen-bond donors (Lipinski definition) is 0. The molecule has 0 N–H and O–H groups in total. The van der Waals surface area contributed by atoms with Crippen molar-refractivity contribution in [1.29, 1.82) is 0 Å². The van der Waals surface area contributed by atoms with Crippen molar-refractivity contribution < 1.29 is 0 Å².